The second-order valence-electron chi connectivity index (χ2n) is 3.76. The monoisotopic (exact) mass is 199 g/mol. The molecule has 0 aliphatic carbocycles. The summed E-state index contributed by atoms with van der Waals surface area (Å²) >= 11 is 0. The Kier molecular flexibility index (Phi) is 7.07. The lowest BCUT2D eigenvalue weighted by Gasteiger charge is -2.13. The predicted molar refractivity (Wildman–Crippen MR) is 57.0 cm³/mol. The zero-order valence-corrected chi connectivity index (χ0v) is 9.38. The summed E-state index contributed by atoms with van der Waals surface area (Å²) in [6.45, 7) is 6.17. The van der Waals surface area contributed by atoms with Crippen LogP contribution < -0.4 is 5.32 Å². The molecule has 14 heavy (non-hydrogen) atoms. The van der Waals surface area contributed by atoms with Crippen LogP contribution in [0.25, 0.3) is 0 Å². The van der Waals surface area contributed by atoms with Gasteiger partial charge >= 0.3 is 0 Å². The van der Waals surface area contributed by atoms with Crippen molar-refractivity contribution in [3.63, 3.8) is 0 Å². The Morgan fingerprint density at radius 3 is 2.43 bits per heavy atom. The van der Waals surface area contributed by atoms with Crippen LogP contribution in [0.1, 0.15) is 46.5 Å². The van der Waals surface area contributed by atoms with E-state index in [1.54, 1.807) is 0 Å². The normalized spacial score (nSPS) is 14.5. The molecule has 0 saturated carbocycles. The Morgan fingerprint density at radius 2 is 2.00 bits per heavy atom. The summed E-state index contributed by atoms with van der Waals surface area (Å²) in [7, 11) is 0. The van der Waals surface area contributed by atoms with E-state index in [0.29, 0.717) is 25.2 Å². The summed E-state index contributed by atoms with van der Waals surface area (Å²) in [5.41, 5.74) is 0. The van der Waals surface area contributed by atoms with E-state index >= 15 is 0 Å². The van der Waals surface area contributed by atoms with Crippen molar-refractivity contribution < 1.29 is 9.59 Å². The van der Waals surface area contributed by atoms with E-state index in [2.05, 4.69) is 19.2 Å². The van der Waals surface area contributed by atoms with Crippen molar-refractivity contribution in [3.8, 4) is 0 Å². The summed E-state index contributed by atoms with van der Waals surface area (Å²) < 4.78 is 0. The molecule has 1 amide bonds. The minimum absolute atomic E-state index is 0.153. The van der Waals surface area contributed by atoms with Gasteiger partial charge in [-0.1, -0.05) is 27.2 Å². The molecule has 0 aromatic heterocycles. The maximum atomic E-state index is 11.6. The molecule has 2 unspecified atom stereocenters. The average Bonchev–Trinajstić information content (AvgIpc) is 2.21. The number of hydrogen-bond acceptors (Lipinski definition) is 2. The van der Waals surface area contributed by atoms with Gasteiger partial charge in [0.05, 0.1) is 6.04 Å². The molecule has 3 nitrogen and oxygen atoms in total. The van der Waals surface area contributed by atoms with Crippen LogP contribution in [-0.2, 0) is 9.59 Å². The summed E-state index contributed by atoms with van der Waals surface area (Å²) in [5.74, 6) is 0.743. The molecule has 0 aromatic rings. The molecule has 0 heterocycles. The Labute approximate surface area is 86.3 Å². The van der Waals surface area contributed by atoms with Crippen LogP contribution in [0.2, 0.25) is 0 Å². The first-order valence-corrected chi connectivity index (χ1v) is 5.38. The smallest absolute Gasteiger partial charge is 0.207 e. The standard InChI is InChI=1S/C11H21NO2/c1-4-9(3)6-7-11(14)10(5-2)12-8-13/h8-10H,4-7H2,1-3H3,(H,12,13). The van der Waals surface area contributed by atoms with E-state index < -0.39 is 0 Å². The molecule has 0 aromatic carbocycles. The number of ketones is 1. The molecular formula is C11H21NO2. The van der Waals surface area contributed by atoms with Gasteiger partial charge in [0.2, 0.25) is 6.41 Å². The van der Waals surface area contributed by atoms with Crippen molar-refractivity contribution in [1.82, 2.24) is 5.32 Å². The maximum Gasteiger partial charge on any atom is 0.207 e. The van der Waals surface area contributed by atoms with Gasteiger partial charge in [-0.05, 0) is 18.8 Å². The van der Waals surface area contributed by atoms with Crippen LogP contribution in [0.15, 0.2) is 0 Å². The van der Waals surface area contributed by atoms with Gasteiger partial charge in [-0.25, -0.2) is 0 Å². The van der Waals surface area contributed by atoms with Gasteiger partial charge in [0.15, 0.2) is 5.78 Å². The maximum absolute atomic E-state index is 11.6. The first kappa shape index (κ1) is 13.1. The fourth-order valence-corrected chi connectivity index (χ4v) is 1.29. The van der Waals surface area contributed by atoms with Gasteiger partial charge in [0.25, 0.3) is 0 Å². The Bertz CT molecular complexity index is 180. The molecule has 0 spiro atoms. The molecule has 0 fully saturated rings. The van der Waals surface area contributed by atoms with Crippen LogP contribution in [0, 0.1) is 5.92 Å². The van der Waals surface area contributed by atoms with Crippen molar-refractivity contribution in [2.24, 2.45) is 5.92 Å². The van der Waals surface area contributed by atoms with Gasteiger partial charge in [-0.2, -0.15) is 0 Å². The SMILES string of the molecule is CCC(C)CCC(=O)C(CC)NC=O. The van der Waals surface area contributed by atoms with E-state index in [9.17, 15) is 9.59 Å². The highest BCUT2D eigenvalue weighted by Crippen LogP contribution is 2.11. The largest absolute Gasteiger partial charge is 0.349 e. The first-order chi connectivity index (χ1) is 6.65. The third kappa shape index (κ3) is 5.00. The van der Waals surface area contributed by atoms with Crippen molar-refractivity contribution in [2.45, 2.75) is 52.5 Å². The number of nitrogens with one attached hydrogen (secondary N) is 1. The third-order valence-electron chi connectivity index (χ3n) is 2.65. The van der Waals surface area contributed by atoms with Crippen LogP contribution in [0.4, 0.5) is 0 Å². The van der Waals surface area contributed by atoms with Crippen molar-refractivity contribution >= 4 is 12.2 Å². The lowest BCUT2D eigenvalue weighted by molar-refractivity contribution is -0.123. The van der Waals surface area contributed by atoms with Crippen LogP contribution in [-0.4, -0.2) is 18.2 Å². The molecule has 2 atom stereocenters. The van der Waals surface area contributed by atoms with Crippen molar-refractivity contribution in [3.05, 3.63) is 0 Å². The highest BCUT2D eigenvalue weighted by atomic mass is 16.1. The van der Waals surface area contributed by atoms with Crippen molar-refractivity contribution in [2.75, 3.05) is 0 Å². The van der Waals surface area contributed by atoms with E-state index in [4.69, 9.17) is 0 Å². The molecule has 0 aliphatic rings. The third-order valence-corrected chi connectivity index (χ3v) is 2.65. The molecule has 82 valence electrons. The highest BCUT2D eigenvalue weighted by molar-refractivity contribution is 5.85. The minimum atomic E-state index is -0.281. The second kappa shape index (κ2) is 7.54. The zero-order chi connectivity index (χ0) is 11.0. The molecule has 3 heteroatoms. The van der Waals surface area contributed by atoms with E-state index in [0.717, 1.165) is 12.8 Å². The molecular weight excluding hydrogens is 178 g/mol. The number of amides is 1. The Balaban J connectivity index is 3.85. The lowest BCUT2D eigenvalue weighted by Crippen LogP contribution is -2.35. The van der Waals surface area contributed by atoms with Gasteiger partial charge in [0.1, 0.15) is 0 Å². The fraction of sp³-hybridized carbons (Fsp3) is 0.818. The number of hydrogen-bond donors (Lipinski definition) is 1. The summed E-state index contributed by atoms with van der Waals surface area (Å²) in [5, 5.41) is 2.54. The second-order valence-corrected chi connectivity index (χ2v) is 3.76. The van der Waals surface area contributed by atoms with E-state index in [-0.39, 0.29) is 11.8 Å². The molecule has 0 rings (SSSR count). The molecule has 0 aliphatic heterocycles. The molecule has 0 radical (unpaired) electrons. The zero-order valence-electron chi connectivity index (χ0n) is 9.38. The highest BCUT2D eigenvalue weighted by Gasteiger charge is 2.15. The summed E-state index contributed by atoms with van der Waals surface area (Å²) in [6.07, 6.45) is 3.89. The minimum Gasteiger partial charge on any atom is -0.349 e. The summed E-state index contributed by atoms with van der Waals surface area (Å²) in [4.78, 5) is 21.8. The van der Waals surface area contributed by atoms with E-state index in [1.165, 1.54) is 0 Å². The quantitative estimate of drug-likeness (QED) is 0.607. The molecule has 0 bridgehead atoms. The van der Waals surface area contributed by atoms with Crippen molar-refractivity contribution in [1.29, 1.82) is 0 Å². The predicted octanol–water partition coefficient (Wildman–Crippen LogP) is 1.91. The van der Waals surface area contributed by atoms with Gasteiger partial charge in [0, 0.05) is 6.42 Å². The van der Waals surface area contributed by atoms with Gasteiger partial charge in [-0.15, -0.1) is 0 Å². The van der Waals surface area contributed by atoms with Crippen LogP contribution >= 0.6 is 0 Å². The number of carbonyl (C=O) groups excluding carboxylic acids is 2. The molecule has 1 N–H and O–H groups in total. The number of carbonyl (C=O) groups is 2. The summed E-state index contributed by atoms with van der Waals surface area (Å²) in [6, 6.07) is -0.281. The number of rotatable bonds is 8. The van der Waals surface area contributed by atoms with Gasteiger partial charge < -0.3 is 5.32 Å². The average molecular weight is 199 g/mol. The fourth-order valence-electron chi connectivity index (χ4n) is 1.29. The van der Waals surface area contributed by atoms with Crippen LogP contribution in [0.5, 0.6) is 0 Å². The van der Waals surface area contributed by atoms with Gasteiger partial charge in [-0.3, -0.25) is 9.59 Å². The lowest BCUT2D eigenvalue weighted by atomic mass is 9.98. The Morgan fingerprint density at radius 1 is 1.36 bits per heavy atom. The van der Waals surface area contributed by atoms with Crippen LogP contribution in [0.3, 0.4) is 0 Å². The molecule has 0 saturated heterocycles. The Hall–Kier alpha value is -0.860. The van der Waals surface area contributed by atoms with E-state index in [1.807, 2.05) is 6.92 Å². The first-order valence-electron chi connectivity index (χ1n) is 5.38. The number of Topliss-reactive ketones (excluding diaryl/α,β-unsaturated/α-hetero) is 1. The topological polar surface area (TPSA) is 46.2 Å².